The molecule has 0 aliphatic heterocycles. The smallest absolute Gasteiger partial charge is 0.256 e. The molecule has 0 bridgehead atoms. The largest absolute Gasteiger partial charge is 0.436 e. The fraction of sp³-hybridized carbons (Fsp3) is 0. The van der Waals surface area contributed by atoms with Gasteiger partial charge in [-0.15, -0.1) is 0 Å². The Morgan fingerprint density at radius 1 is 1.05 bits per heavy atom. The average molecular weight is 263 g/mol. The van der Waals surface area contributed by atoms with Crippen LogP contribution in [0.2, 0.25) is 0 Å². The molecule has 0 atom stereocenters. The van der Waals surface area contributed by atoms with E-state index in [9.17, 15) is 0 Å². The van der Waals surface area contributed by atoms with Crippen LogP contribution in [0.3, 0.4) is 0 Å². The number of benzene rings is 1. The predicted molar refractivity (Wildman–Crippen MR) is 70.4 cm³/mol. The van der Waals surface area contributed by atoms with E-state index in [2.05, 4.69) is 15.1 Å². The predicted octanol–water partition coefficient (Wildman–Crippen LogP) is 2.33. The fourth-order valence-electron chi connectivity index (χ4n) is 1.68. The molecule has 0 amide bonds. The van der Waals surface area contributed by atoms with Crippen molar-refractivity contribution in [2.24, 2.45) is 0 Å². The van der Waals surface area contributed by atoms with Gasteiger partial charge in [0.05, 0.1) is 5.69 Å². The second-order valence-electron chi connectivity index (χ2n) is 3.87. The summed E-state index contributed by atoms with van der Waals surface area (Å²) in [5.41, 5.74) is 1.07. The van der Waals surface area contributed by atoms with Gasteiger partial charge in [-0.1, -0.05) is 0 Å². The molecular weight excluding hydrogens is 254 g/mol. The maximum Gasteiger partial charge on any atom is 0.256 e. The first-order chi connectivity index (χ1) is 9.86. The second kappa shape index (κ2) is 5.20. The minimum absolute atomic E-state index is 0.156. The molecule has 0 aliphatic carbocycles. The summed E-state index contributed by atoms with van der Waals surface area (Å²) in [5.74, 6) is 0.778. The van der Waals surface area contributed by atoms with Gasteiger partial charge in [-0.05, 0) is 30.3 Å². The van der Waals surface area contributed by atoms with Crippen molar-refractivity contribution in [2.75, 3.05) is 0 Å². The van der Waals surface area contributed by atoms with Crippen molar-refractivity contribution in [3.8, 4) is 23.4 Å². The lowest BCUT2D eigenvalue weighted by Crippen LogP contribution is -1.96. The minimum Gasteiger partial charge on any atom is -0.436 e. The van der Waals surface area contributed by atoms with Crippen LogP contribution in [0.25, 0.3) is 5.69 Å². The Morgan fingerprint density at radius 3 is 2.55 bits per heavy atom. The molecule has 3 rings (SSSR count). The van der Waals surface area contributed by atoms with Crippen LogP contribution >= 0.6 is 0 Å². The van der Waals surface area contributed by atoms with Gasteiger partial charge in [-0.25, -0.2) is 14.6 Å². The average Bonchev–Trinajstić information content (AvgIpc) is 3.03. The van der Waals surface area contributed by atoms with Crippen LogP contribution in [0.15, 0.2) is 55.1 Å². The maximum atomic E-state index is 8.92. The third-order valence-corrected chi connectivity index (χ3v) is 2.59. The molecule has 0 radical (unpaired) electrons. The van der Waals surface area contributed by atoms with Gasteiger partial charge in [0, 0.05) is 24.8 Å². The quantitative estimate of drug-likeness (QED) is 0.724. The van der Waals surface area contributed by atoms with Crippen LogP contribution in [0.4, 0.5) is 0 Å². The lowest BCUT2D eigenvalue weighted by Gasteiger charge is -2.06. The standard InChI is InChI=1S/C14H9N5O/c15-10-13-14(17-8-7-16-13)20-12-4-2-11(3-5-12)19-9-1-6-18-19/h1-9H. The van der Waals surface area contributed by atoms with E-state index in [1.54, 1.807) is 23.0 Å². The van der Waals surface area contributed by atoms with E-state index in [4.69, 9.17) is 10.00 Å². The van der Waals surface area contributed by atoms with E-state index in [1.165, 1.54) is 12.4 Å². The normalized spacial score (nSPS) is 9.95. The molecule has 3 aromatic rings. The number of rotatable bonds is 3. The van der Waals surface area contributed by atoms with Gasteiger partial charge in [0.2, 0.25) is 5.69 Å². The van der Waals surface area contributed by atoms with Crippen molar-refractivity contribution in [1.82, 2.24) is 19.7 Å². The Balaban J connectivity index is 1.84. The van der Waals surface area contributed by atoms with Crippen molar-refractivity contribution < 1.29 is 4.74 Å². The molecule has 6 nitrogen and oxygen atoms in total. The van der Waals surface area contributed by atoms with Gasteiger partial charge in [0.25, 0.3) is 5.88 Å². The minimum atomic E-state index is 0.156. The summed E-state index contributed by atoms with van der Waals surface area (Å²) < 4.78 is 7.29. The number of hydrogen-bond acceptors (Lipinski definition) is 5. The lowest BCUT2D eigenvalue weighted by molar-refractivity contribution is 0.458. The highest BCUT2D eigenvalue weighted by Gasteiger charge is 2.06. The molecule has 20 heavy (non-hydrogen) atoms. The SMILES string of the molecule is N#Cc1nccnc1Oc1ccc(-n2cccn2)cc1. The lowest BCUT2D eigenvalue weighted by atomic mass is 10.3. The Bertz CT molecular complexity index is 744. The molecule has 1 aromatic carbocycles. The summed E-state index contributed by atoms with van der Waals surface area (Å²) in [6, 6.07) is 11.1. The summed E-state index contributed by atoms with van der Waals surface area (Å²) in [4.78, 5) is 7.88. The maximum absolute atomic E-state index is 8.92. The molecule has 0 spiro atoms. The van der Waals surface area contributed by atoms with E-state index >= 15 is 0 Å². The Hall–Kier alpha value is -3.20. The van der Waals surface area contributed by atoms with Gasteiger partial charge in [0.15, 0.2) is 0 Å². The molecule has 0 unspecified atom stereocenters. The van der Waals surface area contributed by atoms with Crippen molar-refractivity contribution in [3.63, 3.8) is 0 Å². The van der Waals surface area contributed by atoms with Crippen LogP contribution < -0.4 is 4.74 Å². The van der Waals surface area contributed by atoms with E-state index in [-0.39, 0.29) is 11.6 Å². The zero-order valence-corrected chi connectivity index (χ0v) is 10.3. The van der Waals surface area contributed by atoms with Crippen molar-refractivity contribution in [3.05, 3.63) is 60.8 Å². The molecule has 0 saturated heterocycles. The summed E-state index contributed by atoms with van der Waals surface area (Å²) in [7, 11) is 0. The third kappa shape index (κ3) is 2.33. The summed E-state index contributed by atoms with van der Waals surface area (Å²) >= 11 is 0. The van der Waals surface area contributed by atoms with Crippen LogP contribution in [-0.4, -0.2) is 19.7 Å². The van der Waals surface area contributed by atoms with Gasteiger partial charge >= 0.3 is 0 Å². The van der Waals surface area contributed by atoms with Crippen molar-refractivity contribution in [2.45, 2.75) is 0 Å². The van der Waals surface area contributed by atoms with Gasteiger partial charge in [-0.3, -0.25) is 0 Å². The third-order valence-electron chi connectivity index (χ3n) is 2.59. The summed E-state index contributed by atoms with van der Waals surface area (Å²) in [5, 5.41) is 13.1. The van der Waals surface area contributed by atoms with Crippen molar-refractivity contribution >= 4 is 0 Å². The Labute approximate surface area is 114 Å². The van der Waals surface area contributed by atoms with Crippen LogP contribution in [-0.2, 0) is 0 Å². The molecule has 2 aromatic heterocycles. The van der Waals surface area contributed by atoms with E-state index in [0.717, 1.165) is 5.69 Å². The molecule has 0 fully saturated rings. The number of nitrogens with zero attached hydrogens (tertiary/aromatic N) is 5. The first-order valence-corrected chi connectivity index (χ1v) is 5.86. The number of aromatic nitrogens is 4. The van der Waals surface area contributed by atoms with E-state index in [1.807, 2.05) is 30.5 Å². The highest BCUT2D eigenvalue weighted by molar-refractivity contribution is 5.40. The molecular formula is C14H9N5O. The highest BCUT2D eigenvalue weighted by Crippen LogP contribution is 2.22. The monoisotopic (exact) mass is 263 g/mol. The molecule has 0 N–H and O–H groups in total. The van der Waals surface area contributed by atoms with Gasteiger partial charge in [-0.2, -0.15) is 10.4 Å². The topological polar surface area (TPSA) is 76.6 Å². The molecule has 0 aliphatic rings. The Morgan fingerprint density at radius 2 is 1.85 bits per heavy atom. The molecule has 96 valence electrons. The molecule has 0 saturated carbocycles. The summed E-state index contributed by atoms with van der Waals surface area (Å²) in [6.07, 6.45) is 6.50. The first-order valence-electron chi connectivity index (χ1n) is 5.86. The molecule has 2 heterocycles. The van der Waals surface area contributed by atoms with Crippen LogP contribution in [0.5, 0.6) is 11.6 Å². The van der Waals surface area contributed by atoms with Gasteiger partial charge < -0.3 is 4.74 Å². The zero-order valence-electron chi connectivity index (χ0n) is 10.3. The van der Waals surface area contributed by atoms with Crippen molar-refractivity contribution in [1.29, 1.82) is 5.26 Å². The van der Waals surface area contributed by atoms with Crippen LogP contribution in [0.1, 0.15) is 5.69 Å². The number of ether oxygens (including phenoxy) is 1. The van der Waals surface area contributed by atoms with Gasteiger partial charge in [0.1, 0.15) is 11.8 Å². The zero-order chi connectivity index (χ0) is 13.8. The van der Waals surface area contributed by atoms with E-state index < -0.39 is 0 Å². The fourth-order valence-corrected chi connectivity index (χ4v) is 1.68. The second-order valence-corrected chi connectivity index (χ2v) is 3.87. The highest BCUT2D eigenvalue weighted by atomic mass is 16.5. The Kier molecular flexibility index (Phi) is 3.08. The van der Waals surface area contributed by atoms with Crippen LogP contribution in [0, 0.1) is 11.3 Å². The number of nitriles is 1. The summed E-state index contributed by atoms with van der Waals surface area (Å²) in [6.45, 7) is 0. The molecule has 6 heteroatoms. The number of hydrogen-bond donors (Lipinski definition) is 0. The van der Waals surface area contributed by atoms with E-state index in [0.29, 0.717) is 5.75 Å². The first kappa shape index (κ1) is 11.9.